The number of carbonyl (C=O) groups is 1. The number of amides is 1. The molecule has 0 bridgehead atoms. The second-order valence-corrected chi connectivity index (χ2v) is 5.83. The van der Waals surface area contributed by atoms with Gasteiger partial charge in [-0.2, -0.15) is 5.10 Å². The molecule has 0 aliphatic carbocycles. The third-order valence-electron chi connectivity index (χ3n) is 3.24. The van der Waals surface area contributed by atoms with E-state index in [1.165, 1.54) is 6.42 Å². The van der Waals surface area contributed by atoms with Crippen molar-refractivity contribution in [2.24, 2.45) is 0 Å². The minimum absolute atomic E-state index is 0.0672. The zero-order valence-electron chi connectivity index (χ0n) is 12.1. The molecule has 8 heteroatoms. The fourth-order valence-electron chi connectivity index (χ4n) is 2.12. The minimum Gasteiger partial charge on any atom is -0.448 e. The molecule has 1 aromatic heterocycles. The van der Waals surface area contributed by atoms with Crippen LogP contribution in [0.25, 0.3) is 0 Å². The smallest absolute Gasteiger partial charge is 0.406 e. The van der Waals surface area contributed by atoms with Crippen LogP contribution in [0.15, 0.2) is 6.20 Å². The number of hydrogen-bond acceptors (Lipinski definition) is 5. The SMILES string of the molecule is CNC(=O)OCCNCc1cn(C2CCCCO2)nc1I. The number of aromatic nitrogens is 2. The molecule has 1 amide bonds. The van der Waals surface area contributed by atoms with E-state index in [1.807, 2.05) is 10.9 Å². The Labute approximate surface area is 137 Å². The van der Waals surface area contributed by atoms with Gasteiger partial charge in [0.2, 0.25) is 0 Å². The summed E-state index contributed by atoms with van der Waals surface area (Å²) in [5.74, 6) is 0. The van der Waals surface area contributed by atoms with Gasteiger partial charge in [0.1, 0.15) is 16.5 Å². The molecule has 2 rings (SSSR count). The van der Waals surface area contributed by atoms with Gasteiger partial charge >= 0.3 is 6.09 Å². The quantitative estimate of drug-likeness (QED) is 0.553. The largest absolute Gasteiger partial charge is 0.448 e. The van der Waals surface area contributed by atoms with Gasteiger partial charge in [0.25, 0.3) is 0 Å². The van der Waals surface area contributed by atoms with Crippen LogP contribution in [0.3, 0.4) is 0 Å². The monoisotopic (exact) mass is 408 g/mol. The predicted octanol–water partition coefficient (Wildman–Crippen LogP) is 1.63. The van der Waals surface area contributed by atoms with Crippen LogP contribution in [0.2, 0.25) is 0 Å². The Kier molecular flexibility index (Phi) is 6.71. The summed E-state index contributed by atoms with van der Waals surface area (Å²) in [6.07, 6.45) is 5.03. The van der Waals surface area contributed by atoms with E-state index in [9.17, 15) is 4.79 Å². The fraction of sp³-hybridized carbons (Fsp3) is 0.692. The molecule has 1 aliphatic rings. The Morgan fingerprint density at radius 3 is 3.19 bits per heavy atom. The number of nitrogens with one attached hydrogen (secondary N) is 2. The van der Waals surface area contributed by atoms with E-state index >= 15 is 0 Å². The standard InChI is InChI=1S/C13H21IN4O3/c1-15-13(19)21-7-5-16-8-10-9-18(17-12(10)14)11-4-2-3-6-20-11/h9,11,16H,2-8H2,1H3,(H,15,19). The molecule has 118 valence electrons. The van der Waals surface area contributed by atoms with Crippen LogP contribution in [-0.4, -0.2) is 42.7 Å². The van der Waals surface area contributed by atoms with Crippen molar-refractivity contribution in [3.8, 4) is 0 Å². The highest BCUT2D eigenvalue weighted by Crippen LogP contribution is 2.23. The van der Waals surface area contributed by atoms with Crippen LogP contribution in [0.5, 0.6) is 0 Å². The number of alkyl carbamates (subject to hydrolysis) is 1. The average Bonchev–Trinajstić information content (AvgIpc) is 2.89. The van der Waals surface area contributed by atoms with E-state index < -0.39 is 6.09 Å². The maximum atomic E-state index is 10.9. The Morgan fingerprint density at radius 1 is 1.62 bits per heavy atom. The van der Waals surface area contributed by atoms with Crippen LogP contribution in [0, 0.1) is 3.70 Å². The summed E-state index contributed by atoms with van der Waals surface area (Å²) in [5, 5.41) is 10.2. The van der Waals surface area contributed by atoms with Gasteiger partial charge in [-0.15, -0.1) is 0 Å². The highest BCUT2D eigenvalue weighted by Gasteiger charge is 2.18. The lowest BCUT2D eigenvalue weighted by atomic mass is 10.2. The zero-order chi connectivity index (χ0) is 15.1. The highest BCUT2D eigenvalue weighted by atomic mass is 127. The van der Waals surface area contributed by atoms with Crippen molar-refractivity contribution < 1.29 is 14.3 Å². The molecule has 2 N–H and O–H groups in total. The Hall–Kier alpha value is -0.870. The Morgan fingerprint density at radius 2 is 2.48 bits per heavy atom. The number of rotatable bonds is 6. The number of halogens is 1. The predicted molar refractivity (Wildman–Crippen MR) is 85.9 cm³/mol. The van der Waals surface area contributed by atoms with E-state index in [4.69, 9.17) is 9.47 Å². The summed E-state index contributed by atoms with van der Waals surface area (Å²) >= 11 is 2.23. The first-order chi connectivity index (χ1) is 10.2. The minimum atomic E-state index is -0.409. The summed E-state index contributed by atoms with van der Waals surface area (Å²) in [6, 6.07) is 0. The molecule has 21 heavy (non-hydrogen) atoms. The van der Waals surface area contributed by atoms with E-state index in [0.29, 0.717) is 19.7 Å². The molecule has 7 nitrogen and oxygen atoms in total. The normalized spacial score (nSPS) is 18.5. The van der Waals surface area contributed by atoms with Crippen molar-refractivity contribution in [3.05, 3.63) is 15.5 Å². The second-order valence-electron chi connectivity index (χ2n) is 4.81. The molecule has 1 fully saturated rings. The van der Waals surface area contributed by atoms with E-state index in [2.05, 4.69) is 38.3 Å². The van der Waals surface area contributed by atoms with Crippen LogP contribution < -0.4 is 10.6 Å². The molecular formula is C13H21IN4O3. The number of ether oxygens (including phenoxy) is 2. The van der Waals surface area contributed by atoms with Crippen LogP contribution in [-0.2, 0) is 16.0 Å². The van der Waals surface area contributed by atoms with Crippen LogP contribution in [0.4, 0.5) is 4.79 Å². The molecule has 1 saturated heterocycles. The number of hydrogen-bond donors (Lipinski definition) is 2. The molecule has 1 atom stereocenters. The maximum absolute atomic E-state index is 10.9. The topological polar surface area (TPSA) is 77.4 Å². The van der Waals surface area contributed by atoms with E-state index in [-0.39, 0.29) is 6.23 Å². The van der Waals surface area contributed by atoms with Crippen LogP contribution >= 0.6 is 22.6 Å². The summed E-state index contributed by atoms with van der Waals surface area (Å²) in [4.78, 5) is 10.9. The average molecular weight is 408 g/mol. The lowest BCUT2D eigenvalue weighted by Crippen LogP contribution is -2.25. The van der Waals surface area contributed by atoms with Crippen molar-refractivity contribution in [1.82, 2.24) is 20.4 Å². The molecule has 1 unspecified atom stereocenters. The van der Waals surface area contributed by atoms with Crippen molar-refractivity contribution in [2.45, 2.75) is 32.0 Å². The molecule has 0 saturated carbocycles. The van der Waals surface area contributed by atoms with Gasteiger partial charge in [0.05, 0.1) is 0 Å². The lowest BCUT2D eigenvalue weighted by Gasteiger charge is -2.22. The lowest BCUT2D eigenvalue weighted by molar-refractivity contribution is -0.0397. The van der Waals surface area contributed by atoms with E-state index in [1.54, 1.807) is 7.05 Å². The molecular weight excluding hydrogens is 387 g/mol. The fourth-order valence-corrected chi connectivity index (χ4v) is 2.70. The maximum Gasteiger partial charge on any atom is 0.406 e. The zero-order valence-corrected chi connectivity index (χ0v) is 14.3. The molecule has 0 radical (unpaired) electrons. The number of carbonyl (C=O) groups excluding carboxylic acids is 1. The first-order valence-electron chi connectivity index (χ1n) is 7.11. The second kappa shape index (κ2) is 8.54. The molecule has 0 aromatic carbocycles. The van der Waals surface area contributed by atoms with Gasteiger partial charge in [0, 0.05) is 38.5 Å². The van der Waals surface area contributed by atoms with Gasteiger partial charge in [-0.05, 0) is 41.9 Å². The third-order valence-corrected chi connectivity index (χ3v) is 4.15. The van der Waals surface area contributed by atoms with Crippen molar-refractivity contribution in [2.75, 3.05) is 26.8 Å². The van der Waals surface area contributed by atoms with Gasteiger partial charge in [-0.3, -0.25) is 0 Å². The van der Waals surface area contributed by atoms with Crippen molar-refractivity contribution >= 4 is 28.7 Å². The van der Waals surface area contributed by atoms with Gasteiger partial charge in [-0.1, -0.05) is 0 Å². The number of nitrogens with zero attached hydrogens (tertiary/aromatic N) is 2. The first-order valence-corrected chi connectivity index (χ1v) is 8.19. The summed E-state index contributed by atoms with van der Waals surface area (Å²) < 4.78 is 13.5. The Balaban J connectivity index is 1.75. The Bertz CT molecular complexity index is 460. The van der Waals surface area contributed by atoms with Crippen molar-refractivity contribution in [3.63, 3.8) is 0 Å². The summed E-state index contributed by atoms with van der Waals surface area (Å²) in [7, 11) is 1.54. The molecule has 0 spiro atoms. The summed E-state index contributed by atoms with van der Waals surface area (Å²) in [5.41, 5.74) is 1.13. The van der Waals surface area contributed by atoms with Crippen molar-refractivity contribution in [1.29, 1.82) is 0 Å². The van der Waals surface area contributed by atoms with Gasteiger partial charge in [0.15, 0.2) is 0 Å². The van der Waals surface area contributed by atoms with Crippen LogP contribution in [0.1, 0.15) is 31.1 Å². The van der Waals surface area contributed by atoms with Gasteiger partial charge < -0.3 is 20.1 Å². The van der Waals surface area contributed by atoms with Gasteiger partial charge in [-0.25, -0.2) is 9.48 Å². The molecule has 1 aromatic rings. The molecule has 2 heterocycles. The summed E-state index contributed by atoms with van der Waals surface area (Å²) in [6.45, 7) is 2.46. The third kappa shape index (κ3) is 5.11. The molecule has 1 aliphatic heterocycles. The van der Waals surface area contributed by atoms with E-state index in [0.717, 1.165) is 28.7 Å². The highest BCUT2D eigenvalue weighted by molar-refractivity contribution is 14.1. The first kappa shape index (κ1) is 16.5.